The third-order valence-electron chi connectivity index (χ3n) is 5.27. The molecular weight excluding hydrogens is 430 g/mol. The number of sulfonamides is 1. The quantitative estimate of drug-likeness (QED) is 0.422. The summed E-state index contributed by atoms with van der Waals surface area (Å²) >= 11 is 5.99. The zero-order chi connectivity index (χ0) is 21.9. The van der Waals surface area contributed by atoms with Gasteiger partial charge in [0, 0.05) is 12.6 Å². The first kappa shape index (κ1) is 22.3. The van der Waals surface area contributed by atoms with Gasteiger partial charge in [-0.1, -0.05) is 43.5 Å². The summed E-state index contributed by atoms with van der Waals surface area (Å²) in [6.45, 7) is 2.22. The second-order valence-corrected chi connectivity index (χ2v) is 9.89. The molecule has 0 heterocycles. The molecule has 1 aliphatic carbocycles. The van der Waals surface area contributed by atoms with Crippen LogP contribution in [0.2, 0.25) is 5.02 Å². The van der Waals surface area contributed by atoms with E-state index in [1.54, 1.807) is 12.1 Å². The normalized spacial score (nSPS) is 21.8. The molecule has 30 heavy (non-hydrogen) atoms. The van der Waals surface area contributed by atoms with Crippen molar-refractivity contribution < 1.29 is 18.4 Å². The van der Waals surface area contributed by atoms with Crippen molar-refractivity contribution in [3.05, 3.63) is 57.6 Å². The van der Waals surface area contributed by atoms with Crippen LogP contribution >= 0.6 is 11.6 Å². The Labute approximate surface area is 180 Å². The van der Waals surface area contributed by atoms with Gasteiger partial charge in [-0.3, -0.25) is 14.8 Å². The molecule has 1 fully saturated rings. The first-order chi connectivity index (χ1) is 14.1. The lowest BCUT2D eigenvalue weighted by Gasteiger charge is -2.35. The minimum Gasteiger partial charge on any atom is -0.388 e. The lowest BCUT2D eigenvalue weighted by molar-refractivity contribution is -0.384. The average Bonchev–Trinajstić information content (AvgIpc) is 2.67. The van der Waals surface area contributed by atoms with E-state index in [1.807, 2.05) is 0 Å². The number of rotatable bonds is 7. The molecule has 0 aliphatic heterocycles. The van der Waals surface area contributed by atoms with Gasteiger partial charge in [-0.05, 0) is 43.0 Å². The van der Waals surface area contributed by atoms with Crippen molar-refractivity contribution in [1.29, 1.82) is 0 Å². The highest BCUT2D eigenvalue weighted by atomic mass is 35.5. The predicted octanol–water partition coefficient (Wildman–Crippen LogP) is 4.40. The number of anilines is 2. The average molecular weight is 454 g/mol. The lowest BCUT2D eigenvalue weighted by atomic mass is 9.79. The van der Waals surface area contributed by atoms with Gasteiger partial charge in [-0.25, -0.2) is 8.42 Å². The maximum atomic E-state index is 12.7. The second kappa shape index (κ2) is 8.79. The monoisotopic (exact) mass is 453 g/mol. The summed E-state index contributed by atoms with van der Waals surface area (Å²) in [6, 6.07) is 9.93. The van der Waals surface area contributed by atoms with Crippen molar-refractivity contribution in [2.24, 2.45) is 5.92 Å². The molecule has 162 valence electrons. The largest absolute Gasteiger partial charge is 0.388 e. The molecule has 0 aromatic heterocycles. The van der Waals surface area contributed by atoms with Crippen LogP contribution in [0.1, 0.15) is 32.6 Å². The molecule has 0 radical (unpaired) electrons. The fraction of sp³-hybridized carbons (Fsp3) is 0.400. The predicted molar refractivity (Wildman–Crippen MR) is 116 cm³/mol. The van der Waals surface area contributed by atoms with E-state index in [-0.39, 0.29) is 33.5 Å². The van der Waals surface area contributed by atoms with Crippen molar-refractivity contribution in [3.8, 4) is 0 Å². The number of benzene rings is 2. The van der Waals surface area contributed by atoms with Crippen LogP contribution in [0.15, 0.2) is 47.4 Å². The summed E-state index contributed by atoms with van der Waals surface area (Å²) in [6.07, 6.45) is 3.17. The topological polar surface area (TPSA) is 122 Å². The summed E-state index contributed by atoms with van der Waals surface area (Å²) in [5.41, 5.74) is -0.993. The zero-order valence-electron chi connectivity index (χ0n) is 16.5. The molecule has 8 nitrogen and oxygen atoms in total. The van der Waals surface area contributed by atoms with Gasteiger partial charge in [0.25, 0.3) is 15.7 Å². The van der Waals surface area contributed by atoms with Gasteiger partial charge in [-0.15, -0.1) is 0 Å². The number of para-hydroxylation sites is 1. The first-order valence-electron chi connectivity index (χ1n) is 9.62. The summed E-state index contributed by atoms with van der Waals surface area (Å²) in [5.74, 6) is 0.379. The van der Waals surface area contributed by atoms with Crippen LogP contribution in [-0.2, 0) is 10.0 Å². The number of hydrogen-bond donors (Lipinski definition) is 3. The molecule has 2 atom stereocenters. The van der Waals surface area contributed by atoms with E-state index in [0.717, 1.165) is 18.9 Å². The third-order valence-corrected chi connectivity index (χ3v) is 6.96. The van der Waals surface area contributed by atoms with Gasteiger partial charge in [0.05, 0.1) is 26.1 Å². The number of nitro groups is 1. The molecule has 2 aromatic carbocycles. The number of nitro benzene ring substituents is 1. The van der Waals surface area contributed by atoms with Crippen molar-refractivity contribution >= 4 is 38.7 Å². The van der Waals surface area contributed by atoms with E-state index >= 15 is 0 Å². The van der Waals surface area contributed by atoms with E-state index in [4.69, 9.17) is 11.6 Å². The number of aliphatic hydroxyl groups is 1. The Morgan fingerprint density at radius 3 is 2.67 bits per heavy atom. The highest BCUT2D eigenvalue weighted by molar-refractivity contribution is 7.92. The van der Waals surface area contributed by atoms with Gasteiger partial charge in [0.2, 0.25) is 0 Å². The Morgan fingerprint density at radius 1 is 1.27 bits per heavy atom. The maximum absolute atomic E-state index is 12.7. The highest BCUT2D eigenvalue weighted by Crippen LogP contribution is 2.34. The van der Waals surface area contributed by atoms with Crippen molar-refractivity contribution in [2.45, 2.75) is 43.1 Å². The molecule has 1 saturated carbocycles. The molecule has 1 aliphatic rings. The van der Waals surface area contributed by atoms with Gasteiger partial charge < -0.3 is 10.4 Å². The van der Waals surface area contributed by atoms with Gasteiger partial charge in [0.1, 0.15) is 5.69 Å². The molecule has 2 aromatic rings. The summed E-state index contributed by atoms with van der Waals surface area (Å²) in [5, 5.41) is 25.5. The molecule has 10 heteroatoms. The molecule has 0 bridgehead atoms. The van der Waals surface area contributed by atoms with Crippen molar-refractivity contribution in [3.63, 3.8) is 0 Å². The third kappa shape index (κ3) is 5.21. The fourth-order valence-electron chi connectivity index (χ4n) is 3.78. The van der Waals surface area contributed by atoms with Crippen LogP contribution in [0.5, 0.6) is 0 Å². The Balaban J connectivity index is 1.83. The van der Waals surface area contributed by atoms with Crippen LogP contribution in [-0.4, -0.2) is 30.6 Å². The zero-order valence-corrected chi connectivity index (χ0v) is 18.0. The molecule has 3 rings (SSSR count). The van der Waals surface area contributed by atoms with Crippen molar-refractivity contribution in [1.82, 2.24) is 0 Å². The van der Waals surface area contributed by atoms with Crippen LogP contribution in [0.25, 0.3) is 0 Å². The maximum Gasteiger partial charge on any atom is 0.293 e. The molecule has 0 spiro atoms. The van der Waals surface area contributed by atoms with E-state index in [1.165, 1.54) is 24.3 Å². The van der Waals surface area contributed by atoms with Crippen LogP contribution in [0, 0.1) is 16.0 Å². The first-order valence-corrected chi connectivity index (χ1v) is 11.5. The Hall–Kier alpha value is -2.36. The smallest absolute Gasteiger partial charge is 0.293 e. The number of nitrogens with one attached hydrogen (secondary N) is 2. The molecule has 0 unspecified atom stereocenters. The summed E-state index contributed by atoms with van der Waals surface area (Å²) < 4.78 is 27.7. The molecular formula is C20H24ClN3O5S. The van der Waals surface area contributed by atoms with E-state index in [0.29, 0.717) is 18.8 Å². The van der Waals surface area contributed by atoms with Gasteiger partial charge in [0.15, 0.2) is 0 Å². The van der Waals surface area contributed by atoms with Crippen LogP contribution in [0.4, 0.5) is 17.1 Å². The lowest BCUT2D eigenvalue weighted by Crippen LogP contribution is -2.41. The van der Waals surface area contributed by atoms with Gasteiger partial charge in [-0.2, -0.15) is 0 Å². The summed E-state index contributed by atoms with van der Waals surface area (Å²) in [4.78, 5) is 10.7. The van der Waals surface area contributed by atoms with Gasteiger partial charge >= 0.3 is 0 Å². The second-order valence-electron chi connectivity index (χ2n) is 7.80. The Morgan fingerprint density at radius 2 is 2.00 bits per heavy atom. The fourth-order valence-corrected chi connectivity index (χ4v) is 5.12. The highest BCUT2D eigenvalue weighted by Gasteiger charge is 2.33. The van der Waals surface area contributed by atoms with E-state index < -0.39 is 20.5 Å². The summed E-state index contributed by atoms with van der Waals surface area (Å²) in [7, 11) is -4.08. The van der Waals surface area contributed by atoms with E-state index in [9.17, 15) is 23.6 Å². The minimum atomic E-state index is -4.08. The van der Waals surface area contributed by atoms with Crippen LogP contribution < -0.4 is 10.0 Å². The molecule has 0 amide bonds. The number of halogens is 1. The number of hydrogen-bond acceptors (Lipinski definition) is 6. The van der Waals surface area contributed by atoms with Crippen LogP contribution in [0.3, 0.4) is 0 Å². The molecule has 0 saturated heterocycles. The Kier molecular flexibility index (Phi) is 6.54. The van der Waals surface area contributed by atoms with Crippen molar-refractivity contribution in [2.75, 3.05) is 16.6 Å². The number of nitrogens with zero attached hydrogens (tertiary/aromatic N) is 1. The SMILES string of the molecule is C[C@@H]1CCC[C@](O)(CNc2ccc(S(=O)(=O)Nc3ccccc3Cl)cc2[N+](=O)[O-])C1. The standard InChI is InChI=1S/C20H24ClN3O5S/c1-14-5-4-10-20(25,12-14)13-22-18-9-8-15(11-19(18)24(26)27)30(28,29)23-17-7-3-2-6-16(17)21/h2-3,6-9,11,14,22-23,25H,4-5,10,12-13H2,1H3/t14-,20-/m1/s1. The molecule has 3 N–H and O–H groups in total. The minimum absolute atomic E-state index is 0.155. The Bertz CT molecular complexity index is 1050. The van der Waals surface area contributed by atoms with E-state index in [2.05, 4.69) is 17.0 Å².